The Morgan fingerprint density at radius 2 is 2.29 bits per heavy atom. The van der Waals surface area contributed by atoms with Crippen molar-refractivity contribution in [2.75, 3.05) is 13.2 Å². The van der Waals surface area contributed by atoms with E-state index in [1.54, 1.807) is 0 Å². The van der Waals surface area contributed by atoms with Gasteiger partial charge in [0.2, 0.25) is 5.91 Å². The van der Waals surface area contributed by atoms with Crippen LogP contribution in [0.2, 0.25) is 0 Å². The summed E-state index contributed by atoms with van der Waals surface area (Å²) >= 11 is 0. The fourth-order valence-electron chi connectivity index (χ4n) is 1.90. The van der Waals surface area contributed by atoms with Gasteiger partial charge in [-0.3, -0.25) is 4.79 Å². The monoisotopic (exact) mass is 201 g/mol. The van der Waals surface area contributed by atoms with Gasteiger partial charge in [-0.25, -0.2) is 0 Å². The van der Waals surface area contributed by atoms with Crippen molar-refractivity contribution in [3.8, 4) is 0 Å². The number of aliphatic hydroxyl groups is 1. The van der Waals surface area contributed by atoms with Gasteiger partial charge in [0.1, 0.15) is 0 Å². The van der Waals surface area contributed by atoms with E-state index in [9.17, 15) is 4.79 Å². The van der Waals surface area contributed by atoms with Gasteiger partial charge in [0, 0.05) is 19.2 Å². The van der Waals surface area contributed by atoms with Crippen molar-refractivity contribution < 1.29 is 9.90 Å². The van der Waals surface area contributed by atoms with E-state index in [4.69, 9.17) is 16.6 Å². The third-order valence-electron chi connectivity index (χ3n) is 2.86. The van der Waals surface area contributed by atoms with Crippen molar-refractivity contribution in [2.45, 2.75) is 31.3 Å². The van der Waals surface area contributed by atoms with Crippen molar-refractivity contribution in [2.24, 2.45) is 17.4 Å². The van der Waals surface area contributed by atoms with Crippen molar-refractivity contribution in [3.05, 3.63) is 0 Å². The third-order valence-corrected chi connectivity index (χ3v) is 2.86. The van der Waals surface area contributed by atoms with Crippen molar-refractivity contribution >= 4 is 5.91 Å². The van der Waals surface area contributed by atoms with Gasteiger partial charge in [0.15, 0.2) is 0 Å². The van der Waals surface area contributed by atoms with Crippen LogP contribution in [0.4, 0.5) is 0 Å². The smallest absolute Gasteiger partial charge is 0.235 e. The van der Waals surface area contributed by atoms with Crippen LogP contribution in [-0.4, -0.2) is 36.2 Å². The van der Waals surface area contributed by atoms with Crippen LogP contribution < -0.4 is 16.8 Å². The summed E-state index contributed by atoms with van der Waals surface area (Å²) in [7, 11) is 0. The SMILES string of the molecule is NC(=O)C(N)CNC1CCCC1CO. The van der Waals surface area contributed by atoms with Gasteiger partial charge < -0.3 is 21.9 Å². The second kappa shape index (κ2) is 5.29. The van der Waals surface area contributed by atoms with Gasteiger partial charge in [-0.1, -0.05) is 6.42 Å². The number of nitrogens with one attached hydrogen (secondary N) is 1. The van der Waals surface area contributed by atoms with Gasteiger partial charge in [0.05, 0.1) is 6.04 Å². The lowest BCUT2D eigenvalue weighted by Crippen LogP contribution is -2.48. The average Bonchev–Trinajstić information content (AvgIpc) is 2.60. The molecule has 5 nitrogen and oxygen atoms in total. The molecular formula is C9H19N3O2. The first-order valence-corrected chi connectivity index (χ1v) is 5.04. The number of carbonyl (C=O) groups excluding carboxylic acids is 1. The summed E-state index contributed by atoms with van der Waals surface area (Å²) in [6, 6.07) is -0.347. The van der Waals surface area contributed by atoms with Crippen molar-refractivity contribution in [1.82, 2.24) is 5.32 Å². The molecule has 1 saturated carbocycles. The van der Waals surface area contributed by atoms with Crippen LogP contribution in [0, 0.1) is 5.92 Å². The number of carbonyl (C=O) groups is 1. The Bertz CT molecular complexity index is 198. The van der Waals surface area contributed by atoms with Crippen LogP contribution in [0.3, 0.4) is 0 Å². The largest absolute Gasteiger partial charge is 0.396 e. The highest BCUT2D eigenvalue weighted by Crippen LogP contribution is 2.24. The highest BCUT2D eigenvalue weighted by Gasteiger charge is 2.26. The summed E-state index contributed by atoms with van der Waals surface area (Å²) < 4.78 is 0. The van der Waals surface area contributed by atoms with E-state index in [0.717, 1.165) is 19.3 Å². The molecule has 3 unspecified atom stereocenters. The molecule has 0 heterocycles. The zero-order valence-electron chi connectivity index (χ0n) is 8.28. The Morgan fingerprint density at radius 3 is 2.86 bits per heavy atom. The fraction of sp³-hybridized carbons (Fsp3) is 0.889. The van der Waals surface area contributed by atoms with Crippen LogP contribution in [0.15, 0.2) is 0 Å². The molecule has 0 saturated heterocycles. The molecular weight excluding hydrogens is 182 g/mol. The van der Waals surface area contributed by atoms with E-state index in [-0.39, 0.29) is 12.6 Å². The summed E-state index contributed by atoms with van der Waals surface area (Å²) in [4.78, 5) is 10.7. The number of hydrogen-bond donors (Lipinski definition) is 4. The van der Waals surface area contributed by atoms with Crippen LogP contribution >= 0.6 is 0 Å². The number of hydrogen-bond acceptors (Lipinski definition) is 4. The molecule has 0 aromatic heterocycles. The Labute approximate surface area is 83.8 Å². The summed E-state index contributed by atoms with van der Waals surface area (Å²) in [5.74, 6) is -0.189. The quantitative estimate of drug-likeness (QED) is 0.437. The minimum absolute atomic E-state index is 0.198. The molecule has 3 atom stereocenters. The van der Waals surface area contributed by atoms with Gasteiger partial charge in [-0.2, -0.15) is 0 Å². The van der Waals surface area contributed by atoms with Gasteiger partial charge in [-0.05, 0) is 18.8 Å². The first-order valence-electron chi connectivity index (χ1n) is 5.04. The molecule has 0 aliphatic heterocycles. The van der Waals surface area contributed by atoms with Gasteiger partial charge >= 0.3 is 0 Å². The predicted molar refractivity (Wildman–Crippen MR) is 53.4 cm³/mol. The molecule has 1 rings (SSSR count). The topological polar surface area (TPSA) is 101 Å². The first kappa shape index (κ1) is 11.4. The Morgan fingerprint density at radius 1 is 1.57 bits per heavy atom. The molecule has 0 aromatic carbocycles. The van der Waals surface area contributed by atoms with E-state index in [1.807, 2.05) is 0 Å². The number of primary amides is 1. The van der Waals surface area contributed by atoms with E-state index < -0.39 is 11.9 Å². The molecule has 1 aliphatic rings. The maximum absolute atomic E-state index is 10.7. The average molecular weight is 201 g/mol. The van der Waals surface area contributed by atoms with Crippen LogP contribution in [0.25, 0.3) is 0 Å². The van der Waals surface area contributed by atoms with E-state index in [0.29, 0.717) is 12.5 Å². The standard InChI is InChI=1S/C9H19N3O2/c10-7(9(11)14)4-12-8-3-1-2-6(8)5-13/h6-8,12-13H,1-5,10H2,(H2,11,14). The first-order chi connectivity index (χ1) is 6.65. The zero-order chi connectivity index (χ0) is 10.6. The lowest BCUT2D eigenvalue weighted by atomic mass is 10.0. The van der Waals surface area contributed by atoms with Crippen LogP contribution in [0.5, 0.6) is 0 Å². The highest BCUT2D eigenvalue weighted by molar-refractivity contribution is 5.79. The number of rotatable bonds is 5. The maximum Gasteiger partial charge on any atom is 0.235 e. The van der Waals surface area contributed by atoms with E-state index in [2.05, 4.69) is 5.32 Å². The highest BCUT2D eigenvalue weighted by atomic mass is 16.3. The fourth-order valence-corrected chi connectivity index (χ4v) is 1.90. The third kappa shape index (κ3) is 2.94. The molecule has 0 bridgehead atoms. The predicted octanol–water partition coefficient (Wildman–Crippen LogP) is -1.45. The molecule has 5 heteroatoms. The second-order valence-corrected chi connectivity index (χ2v) is 3.90. The minimum Gasteiger partial charge on any atom is -0.396 e. The lowest BCUT2D eigenvalue weighted by molar-refractivity contribution is -0.119. The summed E-state index contributed by atoms with van der Waals surface area (Å²) in [5.41, 5.74) is 10.5. The maximum atomic E-state index is 10.7. The van der Waals surface area contributed by atoms with Crippen molar-refractivity contribution in [3.63, 3.8) is 0 Å². The van der Waals surface area contributed by atoms with Crippen molar-refractivity contribution in [1.29, 1.82) is 0 Å². The lowest BCUT2D eigenvalue weighted by Gasteiger charge is -2.20. The summed E-state index contributed by atoms with van der Waals surface area (Å²) in [6.07, 6.45) is 3.20. The second-order valence-electron chi connectivity index (χ2n) is 3.90. The minimum atomic E-state index is -0.630. The Hall–Kier alpha value is -0.650. The molecule has 82 valence electrons. The number of aliphatic hydroxyl groups excluding tert-OH is 1. The summed E-state index contributed by atoms with van der Waals surface area (Å²) in [5, 5.41) is 12.2. The normalized spacial score (nSPS) is 29.0. The molecule has 1 aliphatic carbocycles. The Kier molecular flexibility index (Phi) is 4.31. The van der Waals surface area contributed by atoms with Gasteiger partial charge in [-0.15, -0.1) is 0 Å². The Balaban J connectivity index is 2.26. The molecule has 0 radical (unpaired) electrons. The van der Waals surface area contributed by atoms with Crippen LogP contribution in [-0.2, 0) is 4.79 Å². The number of nitrogens with two attached hydrogens (primary N) is 2. The molecule has 14 heavy (non-hydrogen) atoms. The molecule has 0 aromatic rings. The molecule has 1 amide bonds. The van der Waals surface area contributed by atoms with E-state index in [1.165, 1.54) is 0 Å². The van der Waals surface area contributed by atoms with Crippen LogP contribution in [0.1, 0.15) is 19.3 Å². The van der Waals surface area contributed by atoms with Gasteiger partial charge in [0.25, 0.3) is 0 Å². The molecule has 6 N–H and O–H groups in total. The zero-order valence-corrected chi connectivity index (χ0v) is 8.28. The number of amides is 1. The molecule has 1 fully saturated rings. The van der Waals surface area contributed by atoms with E-state index >= 15 is 0 Å². The molecule has 0 spiro atoms. The summed E-state index contributed by atoms with van der Waals surface area (Å²) in [6.45, 7) is 0.597.